The van der Waals surface area contributed by atoms with Crippen LogP contribution >= 0.6 is 0 Å². The molecule has 1 aromatic heterocycles. The van der Waals surface area contributed by atoms with Gasteiger partial charge in [0.2, 0.25) is 0 Å². The van der Waals surface area contributed by atoms with Gasteiger partial charge in [-0.25, -0.2) is 9.97 Å². The van der Waals surface area contributed by atoms with E-state index in [9.17, 15) is 0 Å². The predicted octanol–water partition coefficient (Wildman–Crippen LogP) is 2.66. The van der Waals surface area contributed by atoms with E-state index in [0.717, 1.165) is 17.7 Å². The Morgan fingerprint density at radius 1 is 1.05 bits per heavy atom. The van der Waals surface area contributed by atoms with E-state index < -0.39 is 0 Å². The zero-order valence-electron chi connectivity index (χ0n) is 12.9. The highest BCUT2D eigenvalue weighted by Crippen LogP contribution is 2.30. The second-order valence-corrected chi connectivity index (χ2v) is 5.02. The summed E-state index contributed by atoms with van der Waals surface area (Å²) in [4.78, 5) is 8.82. The summed E-state index contributed by atoms with van der Waals surface area (Å²) in [6.07, 6.45) is 3.68. The molecule has 0 amide bonds. The lowest BCUT2D eigenvalue weighted by atomic mass is 10.2. The fourth-order valence-corrected chi connectivity index (χ4v) is 1.89. The first kappa shape index (κ1) is 15.3. The van der Waals surface area contributed by atoms with E-state index in [1.165, 1.54) is 0 Å². The molecule has 2 rings (SSSR count). The van der Waals surface area contributed by atoms with Gasteiger partial charge in [-0.2, -0.15) is 0 Å². The second kappa shape index (κ2) is 7.04. The minimum Gasteiger partial charge on any atom is -0.493 e. The van der Waals surface area contributed by atoms with Crippen molar-refractivity contribution < 1.29 is 9.47 Å². The number of methoxy groups -OCH3 is 2. The van der Waals surface area contributed by atoms with Gasteiger partial charge in [-0.3, -0.25) is 0 Å². The molecule has 0 aliphatic rings. The molecule has 0 unspecified atom stereocenters. The Morgan fingerprint density at radius 3 is 2.29 bits per heavy atom. The maximum Gasteiger partial charge on any atom is 0.161 e. The second-order valence-electron chi connectivity index (χ2n) is 5.02. The van der Waals surface area contributed by atoms with Gasteiger partial charge in [-0.1, -0.05) is 13.8 Å². The zero-order valence-corrected chi connectivity index (χ0v) is 12.9. The van der Waals surface area contributed by atoms with E-state index in [0.29, 0.717) is 23.4 Å². The Bertz CT molecular complexity index is 583. The van der Waals surface area contributed by atoms with Crippen molar-refractivity contribution in [3.63, 3.8) is 0 Å². The SMILES string of the molecule is COc1ccc(-c2ncc(CNC(C)C)cn2)cc1OC. The first-order valence-electron chi connectivity index (χ1n) is 6.90. The van der Waals surface area contributed by atoms with Gasteiger partial charge in [-0.15, -0.1) is 0 Å². The smallest absolute Gasteiger partial charge is 0.161 e. The lowest BCUT2D eigenvalue weighted by Gasteiger charge is -2.10. The Morgan fingerprint density at radius 2 is 1.71 bits per heavy atom. The van der Waals surface area contributed by atoms with Crippen molar-refractivity contribution >= 4 is 0 Å². The van der Waals surface area contributed by atoms with Gasteiger partial charge in [0.05, 0.1) is 14.2 Å². The third-order valence-electron chi connectivity index (χ3n) is 3.06. The van der Waals surface area contributed by atoms with Gasteiger partial charge >= 0.3 is 0 Å². The first-order valence-corrected chi connectivity index (χ1v) is 6.90. The quantitative estimate of drug-likeness (QED) is 0.885. The normalized spacial score (nSPS) is 10.7. The summed E-state index contributed by atoms with van der Waals surface area (Å²) in [5, 5.41) is 3.34. The predicted molar refractivity (Wildman–Crippen MR) is 82.5 cm³/mol. The van der Waals surface area contributed by atoms with Crippen molar-refractivity contribution in [2.45, 2.75) is 26.4 Å². The molecule has 0 radical (unpaired) electrons. The van der Waals surface area contributed by atoms with E-state index in [2.05, 4.69) is 29.1 Å². The number of aromatic nitrogens is 2. The summed E-state index contributed by atoms with van der Waals surface area (Å²) in [7, 11) is 3.23. The third kappa shape index (κ3) is 3.92. The van der Waals surface area contributed by atoms with Crippen LogP contribution in [0.3, 0.4) is 0 Å². The highest BCUT2D eigenvalue weighted by atomic mass is 16.5. The van der Waals surface area contributed by atoms with Gasteiger partial charge < -0.3 is 14.8 Å². The highest BCUT2D eigenvalue weighted by molar-refractivity contribution is 5.60. The Hall–Kier alpha value is -2.14. The van der Waals surface area contributed by atoms with E-state index in [-0.39, 0.29) is 0 Å². The van der Waals surface area contributed by atoms with Gasteiger partial charge in [-0.05, 0) is 18.2 Å². The van der Waals surface area contributed by atoms with Crippen molar-refractivity contribution in [1.82, 2.24) is 15.3 Å². The lowest BCUT2D eigenvalue weighted by molar-refractivity contribution is 0.355. The van der Waals surface area contributed by atoms with E-state index >= 15 is 0 Å². The monoisotopic (exact) mass is 287 g/mol. The average Bonchev–Trinajstić information content (AvgIpc) is 2.52. The van der Waals surface area contributed by atoms with Gasteiger partial charge in [0, 0.05) is 36.1 Å². The van der Waals surface area contributed by atoms with Gasteiger partial charge in [0.15, 0.2) is 17.3 Å². The molecule has 0 bridgehead atoms. The molecule has 0 aliphatic heterocycles. The molecule has 0 spiro atoms. The van der Waals surface area contributed by atoms with Crippen molar-refractivity contribution in [1.29, 1.82) is 0 Å². The topological polar surface area (TPSA) is 56.3 Å². The van der Waals surface area contributed by atoms with Crippen molar-refractivity contribution in [3.8, 4) is 22.9 Å². The maximum absolute atomic E-state index is 5.30. The first-order chi connectivity index (χ1) is 10.1. The molecule has 0 saturated heterocycles. The number of ether oxygens (including phenoxy) is 2. The Labute approximate surface area is 125 Å². The van der Waals surface area contributed by atoms with Crippen molar-refractivity contribution in [2.75, 3.05) is 14.2 Å². The summed E-state index contributed by atoms with van der Waals surface area (Å²) in [6, 6.07) is 6.09. The molecule has 0 atom stereocenters. The average molecular weight is 287 g/mol. The number of hydrogen-bond acceptors (Lipinski definition) is 5. The fourth-order valence-electron chi connectivity index (χ4n) is 1.89. The third-order valence-corrected chi connectivity index (χ3v) is 3.06. The molecule has 1 N–H and O–H groups in total. The number of hydrogen-bond donors (Lipinski definition) is 1. The van der Waals surface area contributed by atoms with Crippen LogP contribution in [0.4, 0.5) is 0 Å². The maximum atomic E-state index is 5.30. The highest BCUT2D eigenvalue weighted by Gasteiger charge is 2.08. The summed E-state index contributed by atoms with van der Waals surface area (Å²) < 4.78 is 10.5. The van der Waals surface area contributed by atoms with E-state index in [1.54, 1.807) is 14.2 Å². The number of benzene rings is 1. The number of nitrogens with zero attached hydrogens (tertiary/aromatic N) is 2. The summed E-state index contributed by atoms with van der Waals surface area (Å²) in [5.41, 5.74) is 1.96. The van der Waals surface area contributed by atoms with Crippen LogP contribution in [0.2, 0.25) is 0 Å². The number of rotatable bonds is 6. The molecule has 0 fully saturated rings. The standard InChI is InChI=1S/C16H21N3O2/c1-11(2)17-8-12-9-18-16(19-10-12)13-5-6-14(20-3)15(7-13)21-4/h5-7,9-11,17H,8H2,1-4H3. The number of nitrogens with one attached hydrogen (secondary N) is 1. The van der Waals surface area contributed by atoms with E-state index in [4.69, 9.17) is 9.47 Å². The van der Waals surface area contributed by atoms with Crippen LogP contribution in [0.15, 0.2) is 30.6 Å². The van der Waals surface area contributed by atoms with Crippen LogP contribution in [0, 0.1) is 0 Å². The lowest BCUT2D eigenvalue weighted by Crippen LogP contribution is -2.21. The molecule has 112 valence electrons. The van der Waals surface area contributed by atoms with Crippen LogP contribution < -0.4 is 14.8 Å². The molecule has 1 aromatic carbocycles. The Balaban J connectivity index is 2.18. The molecule has 2 aromatic rings. The van der Waals surface area contributed by atoms with Crippen LogP contribution in [-0.4, -0.2) is 30.2 Å². The van der Waals surface area contributed by atoms with Crippen LogP contribution in [-0.2, 0) is 6.54 Å². The zero-order chi connectivity index (χ0) is 15.2. The van der Waals surface area contributed by atoms with Crippen molar-refractivity contribution in [3.05, 3.63) is 36.2 Å². The molecule has 5 heteroatoms. The molecular formula is C16H21N3O2. The molecule has 21 heavy (non-hydrogen) atoms. The van der Waals surface area contributed by atoms with Crippen LogP contribution in [0.25, 0.3) is 11.4 Å². The largest absolute Gasteiger partial charge is 0.493 e. The summed E-state index contributed by atoms with van der Waals surface area (Å²) >= 11 is 0. The van der Waals surface area contributed by atoms with Gasteiger partial charge in [0.25, 0.3) is 0 Å². The Kier molecular flexibility index (Phi) is 5.11. The molecule has 0 saturated carbocycles. The molecule has 1 heterocycles. The molecule has 5 nitrogen and oxygen atoms in total. The fraction of sp³-hybridized carbons (Fsp3) is 0.375. The molecular weight excluding hydrogens is 266 g/mol. The van der Waals surface area contributed by atoms with Crippen molar-refractivity contribution in [2.24, 2.45) is 0 Å². The molecule has 0 aliphatic carbocycles. The van der Waals surface area contributed by atoms with Crippen LogP contribution in [0.1, 0.15) is 19.4 Å². The minimum atomic E-state index is 0.440. The minimum absolute atomic E-state index is 0.440. The summed E-state index contributed by atoms with van der Waals surface area (Å²) in [6.45, 7) is 4.99. The summed E-state index contributed by atoms with van der Waals surface area (Å²) in [5.74, 6) is 2.03. The van der Waals surface area contributed by atoms with E-state index in [1.807, 2.05) is 30.6 Å². The van der Waals surface area contributed by atoms with Crippen LogP contribution in [0.5, 0.6) is 11.5 Å². The van der Waals surface area contributed by atoms with Gasteiger partial charge in [0.1, 0.15) is 0 Å².